The highest BCUT2D eigenvalue weighted by Gasteiger charge is 2.15. The van der Waals surface area contributed by atoms with Crippen molar-refractivity contribution in [2.24, 2.45) is 0 Å². The average Bonchev–Trinajstić information content (AvgIpc) is 3.07. The monoisotopic (exact) mass is 307 g/mol. The summed E-state index contributed by atoms with van der Waals surface area (Å²) in [5, 5.41) is 18.5. The predicted molar refractivity (Wildman–Crippen MR) is 82.4 cm³/mol. The fraction of sp³-hybridized carbons (Fsp3) is 0.267. The summed E-state index contributed by atoms with van der Waals surface area (Å²) >= 11 is 0. The molecule has 0 fully saturated rings. The first-order chi connectivity index (χ1) is 9.72. The molecular weight excluding hydrogens is 290 g/mol. The van der Waals surface area contributed by atoms with Crippen molar-refractivity contribution in [3.63, 3.8) is 0 Å². The number of aliphatic hydroxyl groups excluding tert-OH is 1. The predicted octanol–water partition coefficient (Wildman–Crippen LogP) is 2.69. The molecule has 2 heterocycles. The second-order valence-corrected chi connectivity index (χ2v) is 4.70. The van der Waals surface area contributed by atoms with Crippen LogP contribution in [0.5, 0.6) is 0 Å². The van der Waals surface area contributed by atoms with Gasteiger partial charge in [0.15, 0.2) is 0 Å². The van der Waals surface area contributed by atoms with E-state index in [0.717, 1.165) is 17.6 Å². The lowest BCUT2D eigenvalue weighted by Gasteiger charge is -2.09. The van der Waals surface area contributed by atoms with Crippen molar-refractivity contribution in [1.82, 2.24) is 9.13 Å². The third-order valence-electron chi connectivity index (χ3n) is 3.52. The van der Waals surface area contributed by atoms with E-state index in [-0.39, 0.29) is 12.4 Å². The summed E-state index contributed by atoms with van der Waals surface area (Å²) in [5.74, 6) is 0.519. The zero-order valence-electron chi connectivity index (χ0n) is 11.7. The Labute approximate surface area is 128 Å². The quantitative estimate of drug-likeness (QED) is 0.778. The molecule has 1 unspecified atom stereocenters. The van der Waals surface area contributed by atoms with E-state index in [1.54, 1.807) is 18.4 Å². The molecular formula is C15H18ClN3O2. The normalized spacial score (nSPS) is 12.3. The number of para-hydroxylation sites is 2. The van der Waals surface area contributed by atoms with Gasteiger partial charge in [-0.2, -0.15) is 0 Å². The molecule has 6 heteroatoms. The molecule has 0 saturated heterocycles. The molecule has 0 amide bonds. The lowest BCUT2D eigenvalue weighted by molar-refractivity contribution is 0.130. The van der Waals surface area contributed by atoms with Crippen molar-refractivity contribution in [2.75, 3.05) is 0 Å². The van der Waals surface area contributed by atoms with Gasteiger partial charge in [0, 0.05) is 6.54 Å². The summed E-state index contributed by atoms with van der Waals surface area (Å²) in [6, 6.07) is 11.4. The van der Waals surface area contributed by atoms with Crippen LogP contribution < -0.4 is 5.62 Å². The number of hydrogen-bond acceptors (Lipinski definition) is 3. The van der Waals surface area contributed by atoms with Crippen molar-refractivity contribution in [3.05, 3.63) is 54.0 Å². The van der Waals surface area contributed by atoms with Gasteiger partial charge in [-0.3, -0.25) is 5.41 Å². The highest BCUT2D eigenvalue weighted by molar-refractivity contribution is 5.85. The smallest absolute Gasteiger partial charge is 0.203 e. The van der Waals surface area contributed by atoms with Gasteiger partial charge in [-0.05, 0) is 31.2 Å². The van der Waals surface area contributed by atoms with Crippen LogP contribution in [0, 0.1) is 5.41 Å². The number of benzene rings is 1. The number of imidazole rings is 1. The molecule has 0 radical (unpaired) electrons. The van der Waals surface area contributed by atoms with Gasteiger partial charge in [0.1, 0.15) is 11.9 Å². The van der Waals surface area contributed by atoms with Gasteiger partial charge in [0.2, 0.25) is 5.62 Å². The second kappa shape index (κ2) is 6.20. The van der Waals surface area contributed by atoms with Crippen molar-refractivity contribution >= 4 is 23.4 Å². The molecule has 112 valence electrons. The largest absolute Gasteiger partial charge is 0.467 e. The number of fused-ring (bicyclic) bond motifs is 1. The van der Waals surface area contributed by atoms with Gasteiger partial charge >= 0.3 is 0 Å². The summed E-state index contributed by atoms with van der Waals surface area (Å²) < 4.78 is 8.95. The zero-order chi connectivity index (χ0) is 14.1. The number of hydrogen-bond donors (Lipinski definition) is 2. The van der Waals surface area contributed by atoms with E-state index in [0.29, 0.717) is 17.9 Å². The molecule has 2 aromatic heterocycles. The second-order valence-electron chi connectivity index (χ2n) is 4.70. The van der Waals surface area contributed by atoms with Gasteiger partial charge in [0.05, 0.1) is 23.8 Å². The van der Waals surface area contributed by atoms with Gasteiger partial charge in [-0.1, -0.05) is 12.1 Å². The molecule has 1 atom stereocenters. The Morgan fingerprint density at radius 3 is 2.38 bits per heavy atom. The summed E-state index contributed by atoms with van der Waals surface area (Å²) in [7, 11) is 0. The topological polar surface area (TPSA) is 67.1 Å². The third kappa shape index (κ3) is 2.62. The Bertz CT molecular complexity index is 774. The van der Waals surface area contributed by atoms with Gasteiger partial charge in [-0.25, -0.2) is 0 Å². The molecule has 5 nitrogen and oxygen atoms in total. The van der Waals surface area contributed by atoms with Crippen LogP contribution in [0.1, 0.15) is 18.8 Å². The minimum Gasteiger partial charge on any atom is -0.467 e. The highest BCUT2D eigenvalue weighted by Crippen LogP contribution is 2.18. The molecule has 0 saturated carbocycles. The molecule has 3 rings (SSSR count). The first-order valence-corrected chi connectivity index (χ1v) is 6.66. The maximum absolute atomic E-state index is 10.2. The van der Waals surface area contributed by atoms with Crippen molar-refractivity contribution in [2.45, 2.75) is 26.1 Å². The number of aryl methyl sites for hydroxylation is 1. The number of halogens is 1. The minimum absolute atomic E-state index is 0. The van der Waals surface area contributed by atoms with Crippen LogP contribution >= 0.6 is 12.4 Å². The van der Waals surface area contributed by atoms with Gasteiger partial charge in [-0.15, -0.1) is 12.4 Å². The first kappa shape index (κ1) is 15.4. The van der Waals surface area contributed by atoms with E-state index < -0.39 is 6.10 Å². The SMILES string of the molecule is CCn1c(=N)n(CC(O)c2ccco2)c2ccccc21.Cl. The van der Waals surface area contributed by atoms with Crippen molar-refractivity contribution < 1.29 is 9.52 Å². The molecule has 2 N–H and O–H groups in total. The Kier molecular flexibility index (Phi) is 4.55. The first-order valence-electron chi connectivity index (χ1n) is 6.66. The standard InChI is InChI=1S/C15H17N3O2.ClH/c1-2-17-11-6-3-4-7-12(11)18(15(17)16)10-13(19)14-8-5-9-20-14;/h3-9,13,16,19H,2,10H2,1H3;1H. The van der Waals surface area contributed by atoms with Gasteiger partial charge in [0.25, 0.3) is 0 Å². The van der Waals surface area contributed by atoms with E-state index in [1.807, 2.05) is 40.3 Å². The van der Waals surface area contributed by atoms with E-state index in [2.05, 4.69) is 0 Å². The zero-order valence-corrected chi connectivity index (χ0v) is 12.5. The van der Waals surface area contributed by atoms with Gasteiger partial charge < -0.3 is 18.7 Å². The Morgan fingerprint density at radius 1 is 1.14 bits per heavy atom. The summed E-state index contributed by atoms with van der Waals surface area (Å²) in [6.07, 6.45) is 0.787. The highest BCUT2D eigenvalue weighted by atomic mass is 35.5. The average molecular weight is 308 g/mol. The van der Waals surface area contributed by atoms with Crippen LogP contribution in [0.2, 0.25) is 0 Å². The van der Waals surface area contributed by atoms with Crippen LogP contribution in [-0.2, 0) is 13.1 Å². The molecule has 1 aromatic carbocycles. The molecule has 3 aromatic rings. The van der Waals surface area contributed by atoms with E-state index >= 15 is 0 Å². The molecule has 0 aliphatic rings. The number of aliphatic hydroxyl groups is 1. The maximum atomic E-state index is 10.2. The van der Waals surface area contributed by atoms with Crippen LogP contribution in [-0.4, -0.2) is 14.2 Å². The fourth-order valence-corrected chi connectivity index (χ4v) is 2.54. The number of nitrogens with one attached hydrogen (secondary N) is 1. The van der Waals surface area contributed by atoms with E-state index in [4.69, 9.17) is 9.83 Å². The van der Waals surface area contributed by atoms with Crippen LogP contribution in [0.15, 0.2) is 47.1 Å². The summed E-state index contributed by atoms with van der Waals surface area (Å²) in [4.78, 5) is 0. The third-order valence-corrected chi connectivity index (χ3v) is 3.52. The van der Waals surface area contributed by atoms with Crippen molar-refractivity contribution in [1.29, 1.82) is 5.41 Å². The van der Waals surface area contributed by atoms with Crippen LogP contribution in [0.3, 0.4) is 0 Å². The number of rotatable bonds is 4. The minimum atomic E-state index is -0.754. The lowest BCUT2D eigenvalue weighted by Crippen LogP contribution is -2.26. The number of furan rings is 1. The summed E-state index contributed by atoms with van der Waals surface area (Å²) in [6.45, 7) is 3.04. The van der Waals surface area contributed by atoms with Crippen LogP contribution in [0.25, 0.3) is 11.0 Å². The van der Waals surface area contributed by atoms with E-state index in [1.165, 1.54) is 0 Å². The molecule has 0 aliphatic heterocycles. The van der Waals surface area contributed by atoms with Crippen LogP contribution in [0.4, 0.5) is 0 Å². The fourth-order valence-electron chi connectivity index (χ4n) is 2.54. The Morgan fingerprint density at radius 2 is 1.81 bits per heavy atom. The molecule has 0 aliphatic carbocycles. The Hall–Kier alpha value is -1.98. The maximum Gasteiger partial charge on any atom is 0.203 e. The van der Waals surface area contributed by atoms with E-state index in [9.17, 15) is 5.11 Å². The molecule has 21 heavy (non-hydrogen) atoms. The summed E-state index contributed by atoms with van der Waals surface area (Å²) in [5.41, 5.74) is 2.34. The lowest BCUT2D eigenvalue weighted by atomic mass is 10.2. The number of aromatic nitrogens is 2. The Balaban J connectivity index is 0.00000161. The molecule has 0 bridgehead atoms. The van der Waals surface area contributed by atoms with Crippen molar-refractivity contribution in [3.8, 4) is 0 Å². The number of nitrogens with zero attached hydrogens (tertiary/aromatic N) is 2. The molecule has 0 spiro atoms.